The first kappa shape index (κ1) is 13.4. The average Bonchev–Trinajstić information content (AvgIpc) is 2.61. The summed E-state index contributed by atoms with van der Waals surface area (Å²) in [5.41, 5.74) is 0.290. The van der Waals surface area contributed by atoms with Crippen LogP contribution in [0.2, 0.25) is 0 Å². The Balaban J connectivity index is 1.84. The minimum Gasteiger partial charge on any atom is -0.312 e. The first-order valence-corrected chi connectivity index (χ1v) is 7.49. The van der Waals surface area contributed by atoms with E-state index in [1.54, 1.807) is 0 Å². The Bertz CT molecular complexity index is 156. The molecule has 0 aromatic heterocycles. The normalized spacial score (nSPS) is 18.6. The lowest BCUT2D eigenvalue weighted by molar-refractivity contribution is 0.421. The summed E-state index contributed by atoms with van der Waals surface area (Å²) in [7, 11) is 0. The maximum atomic E-state index is 3.54. The summed E-state index contributed by atoms with van der Waals surface area (Å²) in [6, 6.07) is 0. The Morgan fingerprint density at radius 3 is 2.40 bits per heavy atom. The van der Waals surface area contributed by atoms with Gasteiger partial charge in [-0.3, -0.25) is 0 Å². The van der Waals surface area contributed by atoms with Crippen LogP contribution < -0.4 is 5.32 Å². The van der Waals surface area contributed by atoms with Crippen molar-refractivity contribution < 1.29 is 0 Å². The number of thioether (sulfide) groups is 1. The van der Waals surface area contributed by atoms with E-state index in [0.717, 1.165) is 5.25 Å². The minimum atomic E-state index is 0.290. The van der Waals surface area contributed by atoms with Gasteiger partial charge in [-0.05, 0) is 58.8 Å². The Kier molecular flexibility index (Phi) is 6.06. The van der Waals surface area contributed by atoms with Gasteiger partial charge in [0.15, 0.2) is 0 Å². The Labute approximate surface area is 99.8 Å². The molecule has 0 aliphatic heterocycles. The van der Waals surface area contributed by atoms with Crippen LogP contribution in [0, 0.1) is 0 Å². The smallest absolute Gasteiger partial charge is 0.00965 e. The Morgan fingerprint density at radius 2 is 1.80 bits per heavy atom. The third kappa shape index (κ3) is 7.24. The lowest BCUT2D eigenvalue weighted by Gasteiger charge is -2.20. The van der Waals surface area contributed by atoms with E-state index in [4.69, 9.17) is 0 Å². The summed E-state index contributed by atoms with van der Waals surface area (Å²) >= 11 is 2.21. The molecule has 0 saturated heterocycles. The fourth-order valence-corrected chi connectivity index (χ4v) is 3.37. The van der Waals surface area contributed by atoms with E-state index < -0.39 is 0 Å². The SMILES string of the molecule is CC(C)(C)NCCCCSC1CCCC1. The summed E-state index contributed by atoms with van der Waals surface area (Å²) in [6.45, 7) is 7.88. The van der Waals surface area contributed by atoms with Gasteiger partial charge in [0.05, 0.1) is 0 Å². The molecule has 1 nitrogen and oxygen atoms in total. The van der Waals surface area contributed by atoms with Gasteiger partial charge in [-0.1, -0.05) is 12.8 Å². The van der Waals surface area contributed by atoms with Gasteiger partial charge in [0.25, 0.3) is 0 Å². The van der Waals surface area contributed by atoms with E-state index in [-0.39, 0.29) is 0 Å². The van der Waals surface area contributed by atoms with Crippen molar-refractivity contribution in [2.24, 2.45) is 0 Å². The molecule has 1 aliphatic carbocycles. The molecule has 0 unspecified atom stereocenters. The molecule has 0 atom stereocenters. The van der Waals surface area contributed by atoms with Gasteiger partial charge in [-0.15, -0.1) is 0 Å². The average molecular weight is 229 g/mol. The van der Waals surface area contributed by atoms with Crippen LogP contribution in [0.4, 0.5) is 0 Å². The molecule has 2 heteroatoms. The predicted molar refractivity (Wildman–Crippen MR) is 71.7 cm³/mol. The van der Waals surface area contributed by atoms with E-state index in [1.807, 2.05) is 0 Å². The fourth-order valence-electron chi connectivity index (χ4n) is 2.00. The van der Waals surface area contributed by atoms with Crippen molar-refractivity contribution in [1.82, 2.24) is 5.32 Å². The molecule has 1 rings (SSSR count). The van der Waals surface area contributed by atoms with Gasteiger partial charge in [0.2, 0.25) is 0 Å². The predicted octanol–water partition coefficient (Wildman–Crippen LogP) is 3.83. The summed E-state index contributed by atoms with van der Waals surface area (Å²) in [4.78, 5) is 0. The van der Waals surface area contributed by atoms with E-state index in [1.165, 1.54) is 50.8 Å². The molecule has 1 N–H and O–H groups in total. The third-order valence-electron chi connectivity index (χ3n) is 2.88. The van der Waals surface area contributed by atoms with Gasteiger partial charge in [-0.25, -0.2) is 0 Å². The largest absolute Gasteiger partial charge is 0.312 e. The molecular weight excluding hydrogens is 202 g/mol. The third-order valence-corrected chi connectivity index (χ3v) is 4.35. The van der Waals surface area contributed by atoms with E-state index in [9.17, 15) is 0 Å². The van der Waals surface area contributed by atoms with Crippen molar-refractivity contribution in [2.45, 2.75) is 70.1 Å². The highest BCUT2D eigenvalue weighted by Gasteiger charge is 2.14. The monoisotopic (exact) mass is 229 g/mol. The van der Waals surface area contributed by atoms with Gasteiger partial charge < -0.3 is 5.32 Å². The van der Waals surface area contributed by atoms with Gasteiger partial charge in [0, 0.05) is 10.8 Å². The standard InChI is InChI=1S/C13H27NS/c1-13(2,3)14-10-6-7-11-15-12-8-4-5-9-12/h12,14H,4-11H2,1-3H3. The van der Waals surface area contributed by atoms with Crippen molar-refractivity contribution in [3.63, 3.8) is 0 Å². The number of hydrogen-bond acceptors (Lipinski definition) is 2. The molecule has 1 saturated carbocycles. The lowest BCUT2D eigenvalue weighted by Crippen LogP contribution is -2.36. The van der Waals surface area contributed by atoms with Crippen molar-refractivity contribution in [3.8, 4) is 0 Å². The van der Waals surface area contributed by atoms with Gasteiger partial charge in [0.1, 0.15) is 0 Å². The van der Waals surface area contributed by atoms with Crippen LogP contribution in [0.25, 0.3) is 0 Å². The number of hydrogen-bond donors (Lipinski definition) is 1. The zero-order chi connectivity index (χ0) is 11.1. The second-order valence-corrected chi connectivity index (χ2v) is 7.07. The van der Waals surface area contributed by atoms with Crippen molar-refractivity contribution in [3.05, 3.63) is 0 Å². The van der Waals surface area contributed by atoms with Crippen LogP contribution in [0.15, 0.2) is 0 Å². The second-order valence-electron chi connectivity index (χ2n) is 5.66. The first-order valence-electron chi connectivity index (χ1n) is 6.44. The Morgan fingerprint density at radius 1 is 1.13 bits per heavy atom. The topological polar surface area (TPSA) is 12.0 Å². The van der Waals surface area contributed by atoms with E-state index in [2.05, 4.69) is 37.8 Å². The molecule has 0 aromatic rings. The number of nitrogens with one attached hydrogen (secondary N) is 1. The molecule has 0 amide bonds. The molecule has 1 aliphatic rings. The molecule has 0 spiro atoms. The molecule has 0 heterocycles. The van der Waals surface area contributed by atoms with Crippen molar-refractivity contribution in [2.75, 3.05) is 12.3 Å². The highest BCUT2D eigenvalue weighted by molar-refractivity contribution is 7.99. The zero-order valence-corrected chi connectivity index (χ0v) is 11.5. The second kappa shape index (κ2) is 6.80. The first-order chi connectivity index (χ1) is 7.08. The van der Waals surface area contributed by atoms with Crippen LogP contribution in [-0.4, -0.2) is 23.1 Å². The molecule has 90 valence electrons. The summed E-state index contributed by atoms with van der Waals surface area (Å²) in [5.74, 6) is 1.37. The zero-order valence-electron chi connectivity index (χ0n) is 10.6. The summed E-state index contributed by atoms with van der Waals surface area (Å²) in [5, 5.41) is 4.54. The van der Waals surface area contributed by atoms with Crippen LogP contribution in [0.5, 0.6) is 0 Å². The van der Waals surface area contributed by atoms with Crippen LogP contribution in [0.1, 0.15) is 59.3 Å². The molecular formula is C13H27NS. The summed E-state index contributed by atoms with van der Waals surface area (Å²) in [6.07, 6.45) is 8.61. The molecule has 1 fully saturated rings. The Hall–Kier alpha value is 0.310. The molecule has 0 bridgehead atoms. The van der Waals surface area contributed by atoms with Crippen molar-refractivity contribution >= 4 is 11.8 Å². The van der Waals surface area contributed by atoms with E-state index >= 15 is 0 Å². The van der Waals surface area contributed by atoms with Gasteiger partial charge >= 0.3 is 0 Å². The molecule has 0 aromatic carbocycles. The minimum absolute atomic E-state index is 0.290. The molecule has 15 heavy (non-hydrogen) atoms. The van der Waals surface area contributed by atoms with Crippen LogP contribution in [-0.2, 0) is 0 Å². The molecule has 0 radical (unpaired) electrons. The maximum Gasteiger partial charge on any atom is 0.00965 e. The lowest BCUT2D eigenvalue weighted by atomic mass is 10.1. The van der Waals surface area contributed by atoms with Crippen LogP contribution >= 0.6 is 11.8 Å². The quantitative estimate of drug-likeness (QED) is 0.695. The maximum absolute atomic E-state index is 3.54. The van der Waals surface area contributed by atoms with Crippen molar-refractivity contribution in [1.29, 1.82) is 0 Å². The van der Waals surface area contributed by atoms with Crippen LogP contribution in [0.3, 0.4) is 0 Å². The number of rotatable bonds is 6. The number of unbranched alkanes of at least 4 members (excludes halogenated alkanes) is 1. The van der Waals surface area contributed by atoms with E-state index in [0.29, 0.717) is 5.54 Å². The summed E-state index contributed by atoms with van der Waals surface area (Å²) < 4.78 is 0. The highest BCUT2D eigenvalue weighted by atomic mass is 32.2. The highest BCUT2D eigenvalue weighted by Crippen LogP contribution is 2.29. The van der Waals surface area contributed by atoms with Gasteiger partial charge in [-0.2, -0.15) is 11.8 Å². The fraction of sp³-hybridized carbons (Fsp3) is 1.00.